The molecule has 2 aliphatic rings. The van der Waals surface area contributed by atoms with Gasteiger partial charge in [0.25, 0.3) is 0 Å². The highest BCUT2D eigenvalue weighted by Crippen LogP contribution is 2.36. The van der Waals surface area contributed by atoms with E-state index in [1.165, 1.54) is 0 Å². The van der Waals surface area contributed by atoms with Gasteiger partial charge in [0.05, 0.1) is 12.0 Å². The first-order valence-corrected chi connectivity index (χ1v) is 6.50. The third-order valence-electron chi connectivity index (χ3n) is 3.50. The molecule has 2 aliphatic heterocycles. The van der Waals surface area contributed by atoms with Crippen LogP contribution >= 0.6 is 0 Å². The van der Waals surface area contributed by atoms with Crippen LogP contribution in [0.4, 0.5) is 4.79 Å². The Morgan fingerprint density at radius 2 is 1.89 bits per heavy atom. The molecule has 1 fully saturated rings. The summed E-state index contributed by atoms with van der Waals surface area (Å²) in [5.41, 5.74) is -0.497. The summed E-state index contributed by atoms with van der Waals surface area (Å²) < 4.78 is 5.43. The highest BCUT2D eigenvalue weighted by atomic mass is 16.6. The number of nitrogens with zero attached hydrogens (tertiary/aromatic N) is 1. The summed E-state index contributed by atoms with van der Waals surface area (Å²) in [6.07, 6.45) is 5.42. The molecule has 0 aromatic carbocycles. The monoisotopic (exact) mass is 251 g/mol. The van der Waals surface area contributed by atoms with Crippen molar-refractivity contribution in [1.29, 1.82) is 0 Å². The van der Waals surface area contributed by atoms with Crippen molar-refractivity contribution in [3.8, 4) is 0 Å². The van der Waals surface area contributed by atoms with Gasteiger partial charge in [-0.1, -0.05) is 12.2 Å². The Hall–Kier alpha value is -1.32. The first kappa shape index (κ1) is 13.1. The highest BCUT2D eigenvalue weighted by molar-refractivity contribution is 5.82. The predicted molar refractivity (Wildman–Crippen MR) is 68.2 cm³/mol. The molecule has 2 rings (SSSR count). The van der Waals surface area contributed by atoms with E-state index in [0.717, 1.165) is 12.8 Å². The maximum absolute atomic E-state index is 12.2. The van der Waals surface area contributed by atoms with Gasteiger partial charge in [-0.25, -0.2) is 4.79 Å². The fraction of sp³-hybridized carbons (Fsp3) is 0.714. The van der Waals surface area contributed by atoms with E-state index in [2.05, 4.69) is 0 Å². The first-order chi connectivity index (χ1) is 8.29. The minimum absolute atomic E-state index is 0.0210. The van der Waals surface area contributed by atoms with Crippen molar-refractivity contribution in [3.05, 3.63) is 12.2 Å². The van der Waals surface area contributed by atoms with E-state index in [4.69, 9.17) is 4.74 Å². The molecule has 0 aromatic heterocycles. The number of Topliss-reactive ketones (excluding diaryl/α,β-unsaturated/α-hetero) is 1. The normalized spacial score (nSPS) is 30.4. The standard InChI is InChI=1S/C14H21NO3/c1-9(16)11-7-5-10-6-8-12(11)15(10)13(17)18-14(2,3)4/h5,7,10-12H,6,8H2,1-4H3/t10-,11+,12-/m0/s1. The maximum Gasteiger partial charge on any atom is 0.411 e. The molecule has 0 aromatic rings. The van der Waals surface area contributed by atoms with Gasteiger partial charge in [-0.2, -0.15) is 0 Å². The molecule has 0 saturated carbocycles. The minimum atomic E-state index is -0.497. The molecule has 18 heavy (non-hydrogen) atoms. The lowest BCUT2D eigenvalue weighted by molar-refractivity contribution is -0.121. The molecule has 0 spiro atoms. The van der Waals surface area contributed by atoms with Crippen LogP contribution in [0.15, 0.2) is 12.2 Å². The molecule has 3 atom stereocenters. The van der Waals surface area contributed by atoms with Gasteiger partial charge in [0.1, 0.15) is 11.4 Å². The smallest absolute Gasteiger partial charge is 0.411 e. The van der Waals surface area contributed by atoms with Crippen LogP contribution in [-0.2, 0) is 9.53 Å². The van der Waals surface area contributed by atoms with Gasteiger partial charge in [0, 0.05) is 6.04 Å². The second-order valence-corrected chi connectivity index (χ2v) is 6.12. The lowest BCUT2D eigenvalue weighted by Crippen LogP contribution is -2.49. The number of rotatable bonds is 1. The molecule has 100 valence electrons. The van der Waals surface area contributed by atoms with Gasteiger partial charge >= 0.3 is 6.09 Å². The second-order valence-electron chi connectivity index (χ2n) is 6.12. The number of hydrogen-bond acceptors (Lipinski definition) is 3. The average Bonchev–Trinajstić information content (AvgIpc) is 2.49. The van der Waals surface area contributed by atoms with E-state index in [0.29, 0.717) is 0 Å². The van der Waals surface area contributed by atoms with Gasteiger partial charge in [-0.15, -0.1) is 0 Å². The van der Waals surface area contributed by atoms with Gasteiger partial charge in [-0.05, 0) is 40.5 Å². The summed E-state index contributed by atoms with van der Waals surface area (Å²) in [6.45, 7) is 7.15. The van der Waals surface area contributed by atoms with Crippen LogP contribution in [0.5, 0.6) is 0 Å². The first-order valence-electron chi connectivity index (χ1n) is 6.50. The lowest BCUT2D eigenvalue weighted by Gasteiger charge is -2.36. The Labute approximate surface area is 108 Å². The van der Waals surface area contributed by atoms with Crippen LogP contribution in [0.25, 0.3) is 0 Å². The zero-order valence-corrected chi connectivity index (χ0v) is 11.5. The quantitative estimate of drug-likeness (QED) is 0.673. The number of fused-ring (bicyclic) bond motifs is 2. The maximum atomic E-state index is 12.2. The van der Waals surface area contributed by atoms with E-state index in [1.54, 1.807) is 11.8 Å². The van der Waals surface area contributed by atoms with Crippen molar-refractivity contribution in [1.82, 2.24) is 4.90 Å². The Bertz CT molecular complexity index is 394. The topological polar surface area (TPSA) is 46.6 Å². The molecule has 2 bridgehead atoms. The van der Waals surface area contributed by atoms with E-state index < -0.39 is 5.60 Å². The number of amides is 1. The zero-order valence-electron chi connectivity index (χ0n) is 11.5. The van der Waals surface area contributed by atoms with Gasteiger partial charge in [0.15, 0.2) is 0 Å². The van der Waals surface area contributed by atoms with Crippen molar-refractivity contribution in [2.75, 3.05) is 0 Å². The molecule has 0 aliphatic carbocycles. The second kappa shape index (κ2) is 4.41. The number of carbonyl (C=O) groups excluding carboxylic acids is 2. The molecule has 1 saturated heterocycles. The molecule has 0 unspecified atom stereocenters. The Morgan fingerprint density at radius 3 is 2.44 bits per heavy atom. The Balaban J connectivity index is 2.17. The lowest BCUT2D eigenvalue weighted by atomic mass is 9.92. The van der Waals surface area contributed by atoms with Crippen molar-refractivity contribution in [2.45, 2.75) is 58.2 Å². The Kier molecular flexibility index (Phi) is 3.21. The molecule has 2 heterocycles. The number of ether oxygens (including phenoxy) is 1. The van der Waals surface area contributed by atoms with Crippen LogP contribution in [-0.4, -0.2) is 34.5 Å². The summed E-state index contributed by atoms with van der Waals surface area (Å²) in [4.78, 5) is 25.6. The Morgan fingerprint density at radius 1 is 1.22 bits per heavy atom. The van der Waals surface area contributed by atoms with Crippen LogP contribution in [0.1, 0.15) is 40.5 Å². The largest absolute Gasteiger partial charge is 0.444 e. The molecular weight excluding hydrogens is 230 g/mol. The molecule has 1 amide bonds. The van der Waals surface area contributed by atoms with Gasteiger partial charge in [-0.3, -0.25) is 9.69 Å². The summed E-state index contributed by atoms with van der Waals surface area (Å²) in [6, 6.07) is 0.0767. The predicted octanol–water partition coefficient (Wildman–Crippen LogP) is 2.53. The molecule has 0 N–H and O–H groups in total. The summed E-state index contributed by atoms with van der Waals surface area (Å²) >= 11 is 0. The highest BCUT2D eigenvalue weighted by Gasteiger charge is 2.45. The summed E-state index contributed by atoms with van der Waals surface area (Å²) in [5.74, 6) is -0.0542. The van der Waals surface area contributed by atoms with Gasteiger partial charge in [0.2, 0.25) is 0 Å². The van der Waals surface area contributed by atoms with E-state index in [-0.39, 0.29) is 29.9 Å². The summed E-state index contributed by atoms with van der Waals surface area (Å²) in [7, 11) is 0. The van der Waals surface area contributed by atoms with Gasteiger partial charge < -0.3 is 4.74 Å². The third kappa shape index (κ3) is 2.42. The number of ketones is 1. The fourth-order valence-corrected chi connectivity index (χ4v) is 2.78. The van der Waals surface area contributed by atoms with Crippen LogP contribution in [0.3, 0.4) is 0 Å². The molecular formula is C14H21NO3. The molecule has 4 nitrogen and oxygen atoms in total. The van der Waals surface area contributed by atoms with E-state index >= 15 is 0 Å². The van der Waals surface area contributed by atoms with Crippen molar-refractivity contribution in [3.63, 3.8) is 0 Å². The van der Waals surface area contributed by atoms with E-state index in [9.17, 15) is 9.59 Å². The van der Waals surface area contributed by atoms with Crippen LogP contribution < -0.4 is 0 Å². The third-order valence-corrected chi connectivity index (χ3v) is 3.50. The van der Waals surface area contributed by atoms with E-state index in [1.807, 2.05) is 32.9 Å². The molecule has 0 radical (unpaired) electrons. The average molecular weight is 251 g/mol. The van der Waals surface area contributed by atoms with Crippen LogP contribution in [0.2, 0.25) is 0 Å². The zero-order chi connectivity index (χ0) is 13.5. The molecule has 4 heteroatoms. The number of carbonyl (C=O) groups is 2. The summed E-state index contributed by atoms with van der Waals surface area (Å²) in [5, 5.41) is 0. The minimum Gasteiger partial charge on any atom is -0.444 e. The van der Waals surface area contributed by atoms with Crippen molar-refractivity contribution < 1.29 is 14.3 Å². The fourth-order valence-electron chi connectivity index (χ4n) is 2.78. The SMILES string of the molecule is CC(=O)[C@H]1C=C[C@H]2CC[C@@H]1N2C(=O)OC(C)(C)C. The van der Waals surface area contributed by atoms with Crippen molar-refractivity contribution in [2.24, 2.45) is 5.92 Å². The number of hydrogen-bond donors (Lipinski definition) is 0. The van der Waals surface area contributed by atoms with Crippen LogP contribution in [0, 0.1) is 5.92 Å². The van der Waals surface area contributed by atoms with Crippen molar-refractivity contribution >= 4 is 11.9 Å².